The number of fused-ring (bicyclic) bond motifs is 1. The highest BCUT2D eigenvalue weighted by atomic mass is 16.4. The number of aromatic carboxylic acids is 1. The summed E-state index contributed by atoms with van der Waals surface area (Å²) >= 11 is 0. The summed E-state index contributed by atoms with van der Waals surface area (Å²) in [6, 6.07) is 9.67. The summed E-state index contributed by atoms with van der Waals surface area (Å²) in [5, 5.41) is 16.6. The largest absolute Gasteiger partial charge is 0.545 e. The molecule has 1 fully saturated rings. The number of rotatable bonds is 3. The normalized spacial score (nSPS) is 14.5. The minimum atomic E-state index is -1.17. The van der Waals surface area contributed by atoms with Gasteiger partial charge in [-0.1, -0.05) is 18.2 Å². The van der Waals surface area contributed by atoms with E-state index in [0.29, 0.717) is 0 Å². The van der Waals surface area contributed by atoms with E-state index in [1.54, 1.807) is 10.9 Å². The zero-order valence-electron chi connectivity index (χ0n) is 11.2. The highest BCUT2D eigenvalue weighted by Crippen LogP contribution is 2.42. The summed E-state index contributed by atoms with van der Waals surface area (Å²) in [6.07, 6.45) is 5.09. The molecule has 0 aliphatic heterocycles. The van der Waals surface area contributed by atoms with Crippen molar-refractivity contribution in [2.24, 2.45) is 0 Å². The van der Waals surface area contributed by atoms with Crippen LogP contribution in [0.1, 0.15) is 34.8 Å². The first-order valence-corrected chi connectivity index (χ1v) is 6.89. The van der Waals surface area contributed by atoms with E-state index in [0.717, 1.165) is 35.1 Å². The van der Waals surface area contributed by atoms with Gasteiger partial charge in [0.05, 0.1) is 29.1 Å². The van der Waals surface area contributed by atoms with Crippen LogP contribution in [0.3, 0.4) is 0 Å². The molecule has 21 heavy (non-hydrogen) atoms. The Morgan fingerprint density at radius 2 is 2.05 bits per heavy atom. The topological polar surface area (TPSA) is 70.8 Å². The highest BCUT2D eigenvalue weighted by molar-refractivity contribution is 5.89. The Labute approximate surface area is 120 Å². The molecule has 0 saturated heterocycles. The van der Waals surface area contributed by atoms with E-state index < -0.39 is 5.97 Å². The summed E-state index contributed by atoms with van der Waals surface area (Å²) < 4.78 is 1.71. The van der Waals surface area contributed by atoms with E-state index in [9.17, 15) is 9.90 Å². The molecular weight excluding hydrogens is 266 g/mol. The first-order valence-electron chi connectivity index (χ1n) is 6.89. The van der Waals surface area contributed by atoms with E-state index in [2.05, 4.69) is 10.1 Å². The summed E-state index contributed by atoms with van der Waals surface area (Å²) in [5.41, 5.74) is 2.54. The predicted molar refractivity (Wildman–Crippen MR) is 75.2 cm³/mol. The Morgan fingerprint density at radius 1 is 1.24 bits per heavy atom. The van der Waals surface area contributed by atoms with Crippen molar-refractivity contribution in [2.45, 2.75) is 18.8 Å². The number of carboxylic acids is 1. The maximum absolute atomic E-state index is 11.3. The monoisotopic (exact) mass is 278 g/mol. The fourth-order valence-corrected chi connectivity index (χ4v) is 2.72. The first-order chi connectivity index (χ1) is 10.3. The molecule has 2 aromatic heterocycles. The van der Waals surface area contributed by atoms with Gasteiger partial charge in [0.1, 0.15) is 0 Å². The number of carbonyl (C=O) groups is 1. The second-order valence-corrected chi connectivity index (χ2v) is 5.27. The molecule has 5 nitrogen and oxygen atoms in total. The molecule has 0 radical (unpaired) electrons. The molecule has 104 valence electrons. The smallest absolute Gasteiger partial charge is 0.0959 e. The van der Waals surface area contributed by atoms with Crippen molar-refractivity contribution in [1.82, 2.24) is 14.8 Å². The number of hydrogen-bond acceptors (Lipinski definition) is 4. The lowest BCUT2D eigenvalue weighted by atomic mass is 10.1. The summed E-state index contributed by atoms with van der Waals surface area (Å²) in [4.78, 5) is 15.7. The van der Waals surface area contributed by atoms with Crippen molar-refractivity contribution in [3.63, 3.8) is 0 Å². The number of carbonyl (C=O) groups excluding carboxylic acids is 1. The molecule has 0 N–H and O–H groups in total. The molecule has 1 saturated carbocycles. The Bertz CT molecular complexity index is 844. The number of hydrogen-bond donors (Lipinski definition) is 0. The van der Waals surface area contributed by atoms with Crippen LogP contribution in [-0.4, -0.2) is 20.7 Å². The van der Waals surface area contributed by atoms with Crippen LogP contribution >= 0.6 is 0 Å². The van der Waals surface area contributed by atoms with Crippen molar-refractivity contribution >= 4 is 16.9 Å². The maximum atomic E-state index is 11.3. The summed E-state index contributed by atoms with van der Waals surface area (Å²) in [5.74, 6) is -0.921. The lowest BCUT2D eigenvalue weighted by molar-refractivity contribution is -0.255. The number of carboxylic acid groups (broad SMARTS) is 1. The minimum Gasteiger partial charge on any atom is -0.545 e. The molecule has 0 amide bonds. The van der Waals surface area contributed by atoms with Crippen LogP contribution < -0.4 is 5.11 Å². The molecule has 0 spiro atoms. The van der Waals surface area contributed by atoms with Gasteiger partial charge in [-0.3, -0.25) is 4.98 Å². The van der Waals surface area contributed by atoms with Gasteiger partial charge in [0.2, 0.25) is 0 Å². The van der Waals surface area contributed by atoms with Crippen molar-refractivity contribution in [2.75, 3.05) is 0 Å². The van der Waals surface area contributed by atoms with Crippen LogP contribution in [0.15, 0.2) is 42.7 Å². The van der Waals surface area contributed by atoms with Gasteiger partial charge in [-0.2, -0.15) is 5.10 Å². The van der Waals surface area contributed by atoms with Gasteiger partial charge in [0.15, 0.2) is 0 Å². The summed E-state index contributed by atoms with van der Waals surface area (Å²) in [7, 11) is 0. The molecular formula is C16H12N3O2-. The Balaban J connectivity index is 1.99. The molecule has 3 aromatic rings. The minimum absolute atomic E-state index is 0.186. The van der Waals surface area contributed by atoms with Gasteiger partial charge >= 0.3 is 0 Å². The SMILES string of the molecule is O=C([O-])c1cnn(-c2cccc3cccnc23)c1C1CC1. The summed E-state index contributed by atoms with van der Waals surface area (Å²) in [6.45, 7) is 0. The number of aromatic nitrogens is 3. The number of nitrogens with zero attached hydrogens (tertiary/aromatic N) is 3. The van der Waals surface area contributed by atoms with E-state index >= 15 is 0 Å². The quantitative estimate of drug-likeness (QED) is 0.730. The van der Waals surface area contributed by atoms with Crippen molar-refractivity contribution in [3.05, 3.63) is 54.0 Å². The van der Waals surface area contributed by atoms with Crippen LogP contribution in [0.4, 0.5) is 0 Å². The lowest BCUT2D eigenvalue weighted by Gasteiger charge is -2.11. The van der Waals surface area contributed by atoms with E-state index in [1.807, 2.05) is 30.3 Å². The van der Waals surface area contributed by atoms with Crippen LogP contribution in [-0.2, 0) is 0 Å². The van der Waals surface area contributed by atoms with Crippen LogP contribution in [0.25, 0.3) is 16.6 Å². The molecule has 0 atom stereocenters. The molecule has 2 heterocycles. The van der Waals surface area contributed by atoms with Gasteiger partial charge < -0.3 is 9.90 Å². The second-order valence-electron chi connectivity index (χ2n) is 5.27. The van der Waals surface area contributed by atoms with Gasteiger partial charge in [-0.05, 0) is 25.0 Å². The molecule has 1 aliphatic carbocycles. The third-order valence-electron chi connectivity index (χ3n) is 3.83. The zero-order valence-corrected chi connectivity index (χ0v) is 11.2. The Hall–Kier alpha value is -2.69. The average molecular weight is 278 g/mol. The maximum Gasteiger partial charge on any atom is 0.0959 e. The lowest BCUT2D eigenvalue weighted by Crippen LogP contribution is -2.23. The fraction of sp³-hybridized carbons (Fsp3) is 0.188. The Morgan fingerprint density at radius 3 is 2.81 bits per heavy atom. The molecule has 0 unspecified atom stereocenters. The fourth-order valence-electron chi connectivity index (χ4n) is 2.72. The average Bonchev–Trinajstić information content (AvgIpc) is 3.25. The van der Waals surface area contributed by atoms with Crippen LogP contribution in [0, 0.1) is 0 Å². The van der Waals surface area contributed by atoms with E-state index in [4.69, 9.17) is 0 Å². The molecule has 4 rings (SSSR count). The third-order valence-corrected chi connectivity index (χ3v) is 3.83. The Kier molecular flexibility index (Phi) is 2.54. The van der Waals surface area contributed by atoms with E-state index in [-0.39, 0.29) is 11.5 Å². The van der Waals surface area contributed by atoms with E-state index in [1.165, 1.54) is 6.20 Å². The molecule has 1 aromatic carbocycles. The van der Waals surface area contributed by atoms with Crippen molar-refractivity contribution in [1.29, 1.82) is 0 Å². The van der Waals surface area contributed by atoms with Crippen LogP contribution in [0.5, 0.6) is 0 Å². The first kappa shape index (κ1) is 12.1. The standard InChI is InChI=1S/C16H13N3O2/c20-16(21)12-9-18-19(15(12)11-6-7-11)13-5-1-3-10-4-2-8-17-14(10)13/h1-5,8-9,11H,6-7H2,(H,20,21)/p-1. The zero-order chi connectivity index (χ0) is 14.4. The second kappa shape index (κ2) is 4.41. The number of benzene rings is 1. The van der Waals surface area contributed by atoms with Gasteiger partial charge in [0.25, 0.3) is 0 Å². The molecule has 5 heteroatoms. The number of pyridine rings is 1. The van der Waals surface area contributed by atoms with Gasteiger partial charge in [0, 0.05) is 23.1 Å². The van der Waals surface area contributed by atoms with Gasteiger partial charge in [-0.25, -0.2) is 4.68 Å². The highest BCUT2D eigenvalue weighted by Gasteiger charge is 2.31. The molecule has 0 bridgehead atoms. The number of para-hydroxylation sites is 1. The third kappa shape index (κ3) is 1.89. The molecule has 1 aliphatic rings. The van der Waals surface area contributed by atoms with Crippen LogP contribution in [0.2, 0.25) is 0 Å². The van der Waals surface area contributed by atoms with Crippen molar-refractivity contribution in [3.8, 4) is 5.69 Å². The predicted octanol–water partition coefficient (Wildman–Crippen LogP) is 1.66. The van der Waals surface area contributed by atoms with Crippen molar-refractivity contribution < 1.29 is 9.90 Å². The van der Waals surface area contributed by atoms with Gasteiger partial charge in [-0.15, -0.1) is 0 Å².